The summed E-state index contributed by atoms with van der Waals surface area (Å²) in [5.74, 6) is 0.847. The van der Waals surface area contributed by atoms with Crippen LogP contribution in [0.15, 0.2) is 48.5 Å². The average Bonchev–Trinajstić information content (AvgIpc) is 2.94. The molecule has 0 unspecified atom stereocenters. The largest absolute Gasteiger partial charge is 0.454 e. The van der Waals surface area contributed by atoms with Gasteiger partial charge >= 0.3 is 0 Å². The lowest BCUT2D eigenvalue weighted by Crippen LogP contribution is -2.12. The molecule has 3 rings (SSSR count). The van der Waals surface area contributed by atoms with Gasteiger partial charge in [-0.2, -0.15) is 0 Å². The fraction of sp³-hybridized carbons (Fsp3) is 0.133. The molecule has 0 spiro atoms. The molecule has 1 aliphatic heterocycles. The summed E-state index contributed by atoms with van der Waals surface area (Å²) in [4.78, 5) is 12.1. The van der Waals surface area contributed by atoms with Gasteiger partial charge < -0.3 is 14.6 Å². The molecule has 2 aromatic rings. The quantitative estimate of drug-likeness (QED) is 0.856. The lowest BCUT2D eigenvalue weighted by Gasteiger charge is -2.10. The van der Waals surface area contributed by atoms with Crippen molar-refractivity contribution in [2.24, 2.45) is 0 Å². The predicted molar refractivity (Wildman–Crippen MR) is 68.3 cm³/mol. The summed E-state index contributed by atoms with van der Waals surface area (Å²) in [6.45, 7) is 0.168. The summed E-state index contributed by atoms with van der Waals surface area (Å²) in [7, 11) is 0. The van der Waals surface area contributed by atoms with Gasteiger partial charge in [0.15, 0.2) is 17.3 Å². The van der Waals surface area contributed by atoms with E-state index in [9.17, 15) is 9.90 Å². The molecular formula is C15H12O4. The second-order valence-electron chi connectivity index (χ2n) is 4.25. The molecule has 96 valence electrons. The van der Waals surface area contributed by atoms with Crippen molar-refractivity contribution in [3.8, 4) is 11.5 Å². The van der Waals surface area contributed by atoms with Crippen molar-refractivity contribution in [1.82, 2.24) is 0 Å². The minimum atomic E-state index is -1.20. The molecule has 0 saturated carbocycles. The number of ether oxygens (including phenoxy) is 2. The van der Waals surface area contributed by atoms with E-state index in [1.54, 1.807) is 42.5 Å². The van der Waals surface area contributed by atoms with Crippen molar-refractivity contribution in [2.45, 2.75) is 6.10 Å². The maximum absolute atomic E-state index is 12.1. The predicted octanol–water partition coefficient (Wildman–Crippen LogP) is 2.33. The number of carbonyl (C=O) groups is 1. The second-order valence-corrected chi connectivity index (χ2v) is 4.25. The van der Waals surface area contributed by atoms with E-state index in [-0.39, 0.29) is 12.6 Å². The van der Waals surface area contributed by atoms with Crippen LogP contribution in [0.25, 0.3) is 0 Å². The molecule has 1 N–H and O–H groups in total. The number of hydrogen-bond donors (Lipinski definition) is 1. The number of benzene rings is 2. The number of ketones is 1. The van der Waals surface area contributed by atoms with Crippen molar-refractivity contribution < 1.29 is 19.4 Å². The molecule has 4 nitrogen and oxygen atoms in total. The first kappa shape index (κ1) is 11.7. The molecule has 0 amide bonds. The van der Waals surface area contributed by atoms with Gasteiger partial charge in [0.05, 0.1) is 0 Å². The maximum atomic E-state index is 12.1. The Bertz CT molecular complexity index is 607. The molecule has 0 aromatic heterocycles. The second kappa shape index (κ2) is 4.74. The summed E-state index contributed by atoms with van der Waals surface area (Å²) < 4.78 is 10.4. The highest BCUT2D eigenvalue weighted by molar-refractivity contribution is 5.99. The number of fused-ring (bicyclic) bond motifs is 1. The van der Waals surface area contributed by atoms with E-state index in [0.717, 1.165) is 0 Å². The molecule has 0 radical (unpaired) electrons. The van der Waals surface area contributed by atoms with Crippen LogP contribution in [0.4, 0.5) is 0 Å². The van der Waals surface area contributed by atoms with Gasteiger partial charge in [-0.3, -0.25) is 4.79 Å². The van der Waals surface area contributed by atoms with Crippen LogP contribution >= 0.6 is 0 Å². The normalized spacial score (nSPS) is 14.2. The highest BCUT2D eigenvalue weighted by Gasteiger charge is 2.22. The monoisotopic (exact) mass is 256 g/mol. The highest BCUT2D eigenvalue weighted by atomic mass is 16.7. The van der Waals surface area contributed by atoms with Crippen molar-refractivity contribution in [1.29, 1.82) is 0 Å². The standard InChI is InChI=1S/C15H12O4/c16-14(10-4-2-1-3-5-10)15(17)11-6-7-12-13(8-11)19-9-18-12/h1-8,15,17H,9H2/t15-/m0/s1. The third-order valence-corrected chi connectivity index (χ3v) is 3.02. The zero-order chi connectivity index (χ0) is 13.2. The molecule has 1 aliphatic rings. The third kappa shape index (κ3) is 2.18. The number of aliphatic hydroxyl groups is 1. The summed E-state index contributed by atoms with van der Waals surface area (Å²) in [5, 5.41) is 10.1. The van der Waals surface area contributed by atoms with Crippen molar-refractivity contribution in [3.63, 3.8) is 0 Å². The Balaban J connectivity index is 1.88. The van der Waals surface area contributed by atoms with E-state index in [4.69, 9.17) is 9.47 Å². The first-order chi connectivity index (χ1) is 9.25. The number of aliphatic hydroxyl groups excluding tert-OH is 1. The Kier molecular flexibility index (Phi) is 2.93. The fourth-order valence-electron chi connectivity index (χ4n) is 1.99. The molecule has 1 heterocycles. The van der Waals surface area contributed by atoms with Crippen LogP contribution in [-0.4, -0.2) is 17.7 Å². The van der Waals surface area contributed by atoms with Gasteiger partial charge in [0.2, 0.25) is 6.79 Å². The number of carbonyl (C=O) groups excluding carboxylic acids is 1. The van der Waals surface area contributed by atoms with Gasteiger partial charge in [0.1, 0.15) is 6.10 Å². The Morgan fingerprint density at radius 2 is 1.79 bits per heavy atom. The topological polar surface area (TPSA) is 55.8 Å². The number of hydrogen-bond acceptors (Lipinski definition) is 4. The SMILES string of the molecule is O=C(c1ccccc1)[C@@H](O)c1ccc2c(c1)OCO2. The molecule has 19 heavy (non-hydrogen) atoms. The van der Waals surface area contributed by atoms with Gasteiger partial charge in [-0.05, 0) is 17.7 Å². The van der Waals surface area contributed by atoms with Crippen LogP contribution in [0.3, 0.4) is 0 Å². The van der Waals surface area contributed by atoms with Crippen molar-refractivity contribution in [2.75, 3.05) is 6.79 Å². The Labute approximate surface area is 110 Å². The van der Waals surface area contributed by atoms with E-state index in [2.05, 4.69) is 0 Å². The molecule has 1 atom stereocenters. The van der Waals surface area contributed by atoms with Gasteiger partial charge in [-0.25, -0.2) is 0 Å². The van der Waals surface area contributed by atoms with Gasteiger partial charge in [0, 0.05) is 5.56 Å². The average molecular weight is 256 g/mol. The van der Waals surface area contributed by atoms with Crippen LogP contribution in [0.5, 0.6) is 11.5 Å². The first-order valence-corrected chi connectivity index (χ1v) is 5.92. The number of Topliss-reactive ketones (excluding diaryl/α,β-unsaturated/α-hetero) is 1. The van der Waals surface area contributed by atoms with E-state index in [1.165, 1.54) is 0 Å². The minimum absolute atomic E-state index is 0.168. The van der Waals surface area contributed by atoms with Gasteiger partial charge in [-0.15, -0.1) is 0 Å². The molecule has 0 fully saturated rings. The smallest absolute Gasteiger partial charge is 0.231 e. The third-order valence-electron chi connectivity index (χ3n) is 3.02. The van der Waals surface area contributed by atoms with Crippen LogP contribution in [0.2, 0.25) is 0 Å². The van der Waals surface area contributed by atoms with Crippen molar-refractivity contribution >= 4 is 5.78 Å². The zero-order valence-corrected chi connectivity index (χ0v) is 10.1. The van der Waals surface area contributed by atoms with E-state index >= 15 is 0 Å². The van der Waals surface area contributed by atoms with E-state index in [1.807, 2.05) is 6.07 Å². The van der Waals surface area contributed by atoms with Crippen LogP contribution in [0.1, 0.15) is 22.0 Å². The Morgan fingerprint density at radius 3 is 2.58 bits per heavy atom. The lowest BCUT2D eigenvalue weighted by atomic mass is 10.00. The molecular weight excluding hydrogens is 244 g/mol. The number of rotatable bonds is 3. The Morgan fingerprint density at radius 1 is 1.05 bits per heavy atom. The molecule has 0 bridgehead atoms. The minimum Gasteiger partial charge on any atom is -0.454 e. The summed E-state index contributed by atoms with van der Waals surface area (Å²) in [5.41, 5.74) is 0.978. The van der Waals surface area contributed by atoms with Gasteiger partial charge in [0.25, 0.3) is 0 Å². The summed E-state index contributed by atoms with van der Waals surface area (Å²) in [6, 6.07) is 13.7. The van der Waals surface area contributed by atoms with Crippen LogP contribution in [0, 0.1) is 0 Å². The highest BCUT2D eigenvalue weighted by Crippen LogP contribution is 2.34. The first-order valence-electron chi connectivity index (χ1n) is 5.92. The maximum Gasteiger partial charge on any atom is 0.231 e. The van der Waals surface area contributed by atoms with Crippen molar-refractivity contribution in [3.05, 3.63) is 59.7 Å². The molecule has 4 heteroatoms. The summed E-state index contributed by atoms with van der Waals surface area (Å²) in [6.07, 6.45) is -1.20. The fourth-order valence-corrected chi connectivity index (χ4v) is 1.99. The lowest BCUT2D eigenvalue weighted by molar-refractivity contribution is 0.0747. The van der Waals surface area contributed by atoms with E-state index < -0.39 is 6.10 Å². The Hall–Kier alpha value is -2.33. The molecule has 0 saturated heterocycles. The van der Waals surface area contributed by atoms with Gasteiger partial charge in [-0.1, -0.05) is 36.4 Å². The summed E-state index contributed by atoms with van der Waals surface area (Å²) >= 11 is 0. The van der Waals surface area contributed by atoms with Crippen LogP contribution in [-0.2, 0) is 0 Å². The zero-order valence-electron chi connectivity index (χ0n) is 10.1. The van der Waals surface area contributed by atoms with E-state index in [0.29, 0.717) is 22.6 Å². The molecule has 2 aromatic carbocycles. The molecule has 0 aliphatic carbocycles. The van der Waals surface area contributed by atoms with Crippen LogP contribution < -0.4 is 9.47 Å².